The third kappa shape index (κ3) is 2.57. The number of hydrogen-bond donors (Lipinski definition) is 1. The number of carbonyl (C=O) groups is 2. The minimum Gasteiger partial charge on any atom is -0.481 e. The Bertz CT molecular complexity index is 934. The van der Waals surface area contributed by atoms with Crippen LogP contribution in [0.4, 0.5) is 0 Å². The fourth-order valence-corrected chi connectivity index (χ4v) is 9.28. The zero-order valence-electron chi connectivity index (χ0n) is 21.2. The molecule has 5 aliphatic rings. The molecule has 0 aromatic heterocycles. The second kappa shape index (κ2) is 7.18. The van der Waals surface area contributed by atoms with Crippen molar-refractivity contribution in [3.8, 4) is 0 Å². The van der Waals surface area contributed by atoms with Gasteiger partial charge in [0.2, 0.25) is 0 Å². The number of aliphatic carboxylic acids is 1. The van der Waals surface area contributed by atoms with E-state index in [0.29, 0.717) is 24.7 Å². The maximum absolute atomic E-state index is 13.6. The third-order valence-electron chi connectivity index (χ3n) is 10.9. The molecule has 3 saturated carbocycles. The summed E-state index contributed by atoms with van der Waals surface area (Å²) >= 11 is 0. The molecule has 8 atom stereocenters. The lowest BCUT2D eigenvalue weighted by molar-refractivity contribution is -0.173. The third-order valence-corrected chi connectivity index (χ3v) is 10.9. The molecule has 0 amide bonds. The lowest BCUT2D eigenvalue weighted by atomic mass is 9.41. The van der Waals surface area contributed by atoms with E-state index >= 15 is 0 Å². The van der Waals surface area contributed by atoms with Gasteiger partial charge in [-0.2, -0.15) is 0 Å². The summed E-state index contributed by atoms with van der Waals surface area (Å²) < 4.78 is 0. The van der Waals surface area contributed by atoms with Crippen molar-refractivity contribution in [3.63, 3.8) is 0 Å². The minimum absolute atomic E-state index is 0.0120. The standard InChI is InChI=1S/C28H41NO4/c1-7-25(5,6)13-19-11-23(29-33-19)27-14-20-17(4)8-9-21(20)26(15-30)12-18(27)10-22(16(2)3)28(26,27)24(31)32/h10,15-21H,7-9,11-14H2,1-6H3,(H,31,32)/t17-,18+,19?,20-,21-,26+,27-,28+/m1/s1. The van der Waals surface area contributed by atoms with E-state index in [1.807, 2.05) is 0 Å². The molecule has 4 bridgehead atoms. The van der Waals surface area contributed by atoms with E-state index in [1.54, 1.807) is 0 Å². The Hall–Kier alpha value is -1.65. The summed E-state index contributed by atoms with van der Waals surface area (Å²) in [5.41, 5.74) is -0.614. The Morgan fingerprint density at radius 3 is 2.67 bits per heavy atom. The van der Waals surface area contributed by atoms with Gasteiger partial charge in [-0.3, -0.25) is 4.79 Å². The smallest absolute Gasteiger partial charge is 0.315 e. The number of rotatable bonds is 7. The normalized spacial score (nSPS) is 45.6. The molecule has 3 fully saturated rings. The van der Waals surface area contributed by atoms with Crippen molar-refractivity contribution in [3.05, 3.63) is 11.6 Å². The molecule has 33 heavy (non-hydrogen) atoms. The molecule has 0 radical (unpaired) electrons. The van der Waals surface area contributed by atoms with Crippen LogP contribution in [0.2, 0.25) is 0 Å². The fraction of sp³-hybridized carbons (Fsp3) is 0.821. The molecular weight excluding hydrogens is 414 g/mol. The van der Waals surface area contributed by atoms with Gasteiger partial charge in [-0.15, -0.1) is 0 Å². The van der Waals surface area contributed by atoms with Crippen LogP contribution in [-0.2, 0) is 14.4 Å². The predicted molar refractivity (Wildman–Crippen MR) is 128 cm³/mol. The van der Waals surface area contributed by atoms with Crippen LogP contribution in [0.3, 0.4) is 0 Å². The van der Waals surface area contributed by atoms with E-state index in [4.69, 9.17) is 9.99 Å². The van der Waals surface area contributed by atoms with Crippen molar-refractivity contribution in [2.45, 2.75) is 92.6 Å². The summed E-state index contributed by atoms with van der Waals surface area (Å²) in [5, 5.41) is 15.8. The summed E-state index contributed by atoms with van der Waals surface area (Å²) in [5.74, 6) is 0.360. The number of oxime groups is 1. The number of hydrogen-bond acceptors (Lipinski definition) is 4. The van der Waals surface area contributed by atoms with Gasteiger partial charge in [0.05, 0.1) is 11.1 Å². The maximum atomic E-state index is 13.6. The van der Waals surface area contributed by atoms with Crippen LogP contribution in [0.15, 0.2) is 16.8 Å². The number of allylic oxidation sites excluding steroid dienone is 1. The number of carboxylic acid groups (broad SMARTS) is 1. The van der Waals surface area contributed by atoms with Crippen molar-refractivity contribution < 1.29 is 19.5 Å². The van der Waals surface area contributed by atoms with E-state index in [-0.39, 0.29) is 29.3 Å². The average molecular weight is 456 g/mol. The molecule has 5 rings (SSSR count). The van der Waals surface area contributed by atoms with Crippen LogP contribution >= 0.6 is 0 Å². The largest absolute Gasteiger partial charge is 0.481 e. The summed E-state index contributed by atoms with van der Waals surface area (Å²) in [7, 11) is 0. The van der Waals surface area contributed by atoms with E-state index in [1.165, 1.54) is 0 Å². The van der Waals surface area contributed by atoms with Gasteiger partial charge in [0, 0.05) is 11.8 Å². The van der Waals surface area contributed by atoms with Crippen molar-refractivity contribution in [2.75, 3.05) is 0 Å². The maximum Gasteiger partial charge on any atom is 0.315 e. The summed E-state index contributed by atoms with van der Waals surface area (Å²) in [6.45, 7) is 13.2. The molecular formula is C28H41NO4. The zero-order valence-corrected chi connectivity index (χ0v) is 21.2. The molecule has 0 aromatic carbocycles. The highest BCUT2D eigenvalue weighted by Crippen LogP contribution is 2.83. The van der Waals surface area contributed by atoms with Gasteiger partial charge >= 0.3 is 5.97 Å². The molecule has 1 N–H and O–H groups in total. The highest BCUT2D eigenvalue weighted by Gasteiger charge is 2.85. The van der Waals surface area contributed by atoms with Crippen LogP contribution in [-0.4, -0.2) is 29.2 Å². The van der Waals surface area contributed by atoms with Crippen molar-refractivity contribution in [1.82, 2.24) is 0 Å². The van der Waals surface area contributed by atoms with E-state index in [9.17, 15) is 14.7 Å². The quantitative estimate of drug-likeness (QED) is 0.384. The van der Waals surface area contributed by atoms with Gasteiger partial charge in [0.1, 0.15) is 17.8 Å². The molecule has 0 saturated heterocycles. The Balaban J connectivity index is 1.66. The second-order valence-electron chi connectivity index (χ2n) is 13.0. The van der Waals surface area contributed by atoms with Gasteiger partial charge < -0.3 is 14.7 Å². The molecule has 182 valence electrons. The van der Waals surface area contributed by atoms with Crippen LogP contribution in [0.1, 0.15) is 86.5 Å². The van der Waals surface area contributed by atoms with Gasteiger partial charge in [0.25, 0.3) is 0 Å². The molecule has 0 aromatic rings. The number of carbonyl (C=O) groups excluding carboxylic acids is 1. The Morgan fingerprint density at radius 2 is 2.06 bits per heavy atom. The summed E-state index contributed by atoms with van der Waals surface area (Å²) in [6.07, 6.45) is 9.50. The number of nitrogens with zero attached hydrogens (tertiary/aromatic N) is 1. The first-order valence-corrected chi connectivity index (χ1v) is 13.2. The van der Waals surface area contributed by atoms with E-state index < -0.39 is 22.2 Å². The van der Waals surface area contributed by atoms with Gasteiger partial charge in [-0.25, -0.2) is 0 Å². The average Bonchev–Trinajstić information content (AvgIpc) is 3.48. The first kappa shape index (κ1) is 23.1. The first-order valence-electron chi connectivity index (χ1n) is 13.2. The lowest BCUT2D eigenvalue weighted by Gasteiger charge is -2.58. The molecule has 4 aliphatic carbocycles. The topological polar surface area (TPSA) is 76.0 Å². The Kier molecular flexibility index (Phi) is 5.03. The van der Waals surface area contributed by atoms with Gasteiger partial charge in [-0.1, -0.05) is 71.2 Å². The van der Waals surface area contributed by atoms with E-state index in [0.717, 1.165) is 49.7 Å². The van der Waals surface area contributed by atoms with E-state index in [2.05, 4.69) is 47.6 Å². The second-order valence-corrected chi connectivity index (χ2v) is 13.0. The molecule has 5 heteroatoms. The molecule has 5 nitrogen and oxygen atoms in total. The SMILES string of the molecule is CCC(C)(C)CC1CC([C@@]23C[C@@H]4[C@H](C)CC[C@H]4[C@@]4(C=O)C[C@@H]2C=C(C(C)C)[C@@]34C(=O)O)=NO1. The van der Waals surface area contributed by atoms with Crippen molar-refractivity contribution >= 4 is 18.0 Å². The summed E-state index contributed by atoms with van der Waals surface area (Å²) in [6, 6.07) is 0. The van der Waals surface area contributed by atoms with Crippen LogP contribution < -0.4 is 0 Å². The predicted octanol–water partition coefficient (Wildman–Crippen LogP) is 5.88. The molecule has 0 spiro atoms. The fourth-order valence-electron chi connectivity index (χ4n) is 9.28. The van der Waals surface area contributed by atoms with Crippen LogP contribution in [0, 0.1) is 51.2 Å². The Labute approximate surface area is 198 Å². The van der Waals surface area contributed by atoms with Crippen LogP contribution in [0.25, 0.3) is 0 Å². The zero-order chi connectivity index (χ0) is 24.0. The molecule has 1 unspecified atom stereocenters. The lowest BCUT2D eigenvalue weighted by Crippen LogP contribution is -2.64. The minimum atomic E-state index is -1.19. The number of fused-ring (bicyclic) bond motifs is 2. The van der Waals surface area contributed by atoms with Crippen molar-refractivity contribution in [1.29, 1.82) is 0 Å². The first-order chi connectivity index (χ1) is 15.5. The number of aldehydes is 1. The van der Waals surface area contributed by atoms with Crippen LogP contribution in [0.5, 0.6) is 0 Å². The van der Waals surface area contributed by atoms with Gasteiger partial charge in [0.15, 0.2) is 0 Å². The van der Waals surface area contributed by atoms with Gasteiger partial charge in [-0.05, 0) is 60.7 Å². The Morgan fingerprint density at radius 1 is 1.33 bits per heavy atom. The monoisotopic (exact) mass is 455 g/mol. The highest BCUT2D eigenvalue weighted by atomic mass is 16.6. The molecule has 1 aliphatic heterocycles. The molecule has 1 heterocycles. The summed E-state index contributed by atoms with van der Waals surface area (Å²) in [4.78, 5) is 32.7. The number of carboxylic acids is 1. The van der Waals surface area contributed by atoms with Crippen molar-refractivity contribution in [2.24, 2.45) is 56.4 Å². The highest BCUT2D eigenvalue weighted by molar-refractivity contribution is 6.03.